The Balaban J connectivity index is 1.66. The van der Waals surface area contributed by atoms with Gasteiger partial charge in [0.05, 0.1) is 24.4 Å². The van der Waals surface area contributed by atoms with Crippen LogP contribution in [0.1, 0.15) is 47.2 Å². The van der Waals surface area contributed by atoms with Gasteiger partial charge in [0.25, 0.3) is 0 Å². The van der Waals surface area contributed by atoms with E-state index in [1.54, 1.807) is 18.3 Å². The van der Waals surface area contributed by atoms with Gasteiger partial charge in [0.2, 0.25) is 0 Å². The van der Waals surface area contributed by atoms with Crippen molar-refractivity contribution in [3.8, 4) is 11.3 Å². The van der Waals surface area contributed by atoms with Crippen LogP contribution < -0.4 is 5.32 Å². The predicted molar refractivity (Wildman–Crippen MR) is 118 cm³/mol. The van der Waals surface area contributed by atoms with E-state index < -0.39 is 0 Å². The largest absolute Gasteiger partial charge is 0.465 e. The average molecular weight is 422 g/mol. The Morgan fingerprint density at radius 1 is 1.20 bits per heavy atom. The molecule has 1 fully saturated rings. The van der Waals surface area contributed by atoms with Gasteiger partial charge in [0.1, 0.15) is 17.6 Å². The Labute approximate surface area is 180 Å². The first-order valence-electron chi connectivity index (χ1n) is 9.89. The molecule has 0 radical (unpaired) electrons. The molecule has 7 heteroatoms. The second-order valence-electron chi connectivity index (χ2n) is 7.09. The van der Waals surface area contributed by atoms with E-state index in [4.69, 9.17) is 21.4 Å². The molecular formula is C23H23N3O3S. The van der Waals surface area contributed by atoms with Crippen molar-refractivity contribution in [3.05, 3.63) is 77.8 Å². The Morgan fingerprint density at radius 2 is 2.00 bits per heavy atom. The number of aromatic nitrogens is 1. The first kappa shape index (κ1) is 20.1. The Morgan fingerprint density at radius 3 is 2.67 bits per heavy atom. The van der Waals surface area contributed by atoms with Crippen LogP contribution in [-0.4, -0.2) is 34.6 Å². The van der Waals surface area contributed by atoms with E-state index in [-0.39, 0.29) is 18.1 Å². The van der Waals surface area contributed by atoms with Crippen LogP contribution in [0.4, 0.5) is 0 Å². The lowest BCUT2D eigenvalue weighted by Crippen LogP contribution is -2.30. The number of furan rings is 1. The molecule has 3 aromatic rings. The number of rotatable bonds is 6. The van der Waals surface area contributed by atoms with E-state index >= 15 is 0 Å². The second-order valence-corrected chi connectivity index (χ2v) is 7.48. The number of carbonyl (C=O) groups is 1. The molecule has 0 amide bonds. The number of thiocarbonyl (C=S) groups is 1. The molecule has 0 aliphatic carbocycles. The molecular weight excluding hydrogens is 398 g/mol. The molecule has 6 nitrogen and oxygen atoms in total. The van der Waals surface area contributed by atoms with Crippen LogP contribution in [-0.2, 0) is 4.74 Å². The molecule has 0 saturated carbocycles. The molecule has 1 aliphatic heterocycles. The molecule has 154 valence electrons. The summed E-state index contributed by atoms with van der Waals surface area (Å²) in [7, 11) is 1.37. The van der Waals surface area contributed by atoms with E-state index in [1.165, 1.54) is 7.11 Å². The highest BCUT2D eigenvalue weighted by molar-refractivity contribution is 7.80. The zero-order valence-electron chi connectivity index (χ0n) is 16.9. The van der Waals surface area contributed by atoms with Crippen molar-refractivity contribution < 1.29 is 13.9 Å². The van der Waals surface area contributed by atoms with Gasteiger partial charge in [-0.1, -0.05) is 25.1 Å². The van der Waals surface area contributed by atoms with Gasteiger partial charge in [-0.3, -0.25) is 4.98 Å². The Kier molecular flexibility index (Phi) is 5.81. The third kappa shape index (κ3) is 3.80. The minimum absolute atomic E-state index is 0.0876. The molecule has 0 spiro atoms. The molecule has 0 bridgehead atoms. The third-order valence-corrected chi connectivity index (χ3v) is 5.52. The zero-order chi connectivity index (χ0) is 21.1. The maximum atomic E-state index is 11.7. The van der Waals surface area contributed by atoms with Gasteiger partial charge in [-0.2, -0.15) is 0 Å². The summed E-state index contributed by atoms with van der Waals surface area (Å²) in [6.07, 6.45) is 2.76. The molecule has 2 unspecified atom stereocenters. The third-order valence-electron chi connectivity index (χ3n) is 5.17. The summed E-state index contributed by atoms with van der Waals surface area (Å²) >= 11 is 5.61. The van der Waals surface area contributed by atoms with Gasteiger partial charge in [-0.15, -0.1) is 0 Å². The van der Waals surface area contributed by atoms with Crippen LogP contribution in [0.2, 0.25) is 0 Å². The fourth-order valence-corrected chi connectivity index (χ4v) is 4.08. The second kappa shape index (κ2) is 8.67. The maximum Gasteiger partial charge on any atom is 0.337 e. The quantitative estimate of drug-likeness (QED) is 0.464. The maximum absolute atomic E-state index is 11.7. The van der Waals surface area contributed by atoms with Crippen molar-refractivity contribution >= 4 is 23.3 Å². The van der Waals surface area contributed by atoms with E-state index in [0.717, 1.165) is 35.7 Å². The molecule has 2 aromatic heterocycles. The fraction of sp³-hybridized carbons (Fsp3) is 0.261. The lowest BCUT2D eigenvalue weighted by atomic mass is 10.0. The lowest BCUT2D eigenvalue weighted by Gasteiger charge is -2.25. The highest BCUT2D eigenvalue weighted by Crippen LogP contribution is 2.40. The highest BCUT2D eigenvalue weighted by Gasteiger charge is 2.41. The van der Waals surface area contributed by atoms with Crippen LogP contribution in [0, 0.1) is 0 Å². The zero-order valence-corrected chi connectivity index (χ0v) is 17.7. The SMILES string of the molecule is CCCN1C(=S)NC(c2ccccn2)C1c1ccc(-c2ccc(C(=O)OC)cc2)o1. The van der Waals surface area contributed by atoms with Gasteiger partial charge in [0.15, 0.2) is 5.11 Å². The lowest BCUT2D eigenvalue weighted by molar-refractivity contribution is 0.0600. The van der Waals surface area contributed by atoms with Gasteiger partial charge in [0, 0.05) is 18.3 Å². The topological polar surface area (TPSA) is 67.6 Å². The number of hydrogen-bond acceptors (Lipinski definition) is 5. The van der Waals surface area contributed by atoms with Gasteiger partial charge < -0.3 is 19.4 Å². The number of nitrogens with one attached hydrogen (secondary N) is 1. The summed E-state index contributed by atoms with van der Waals surface area (Å²) < 4.78 is 11.0. The van der Waals surface area contributed by atoms with Crippen molar-refractivity contribution in [1.29, 1.82) is 0 Å². The standard InChI is InChI=1S/C23H23N3O3S/c1-3-14-26-21(20(25-23(26)30)17-6-4-5-13-24-17)19-12-11-18(29-19)15-7-9-16(10-8-15)22(27)28-2/h4-13,20-21H,3,14H2,1-2H3,(H,25,30). The molecule has 2 atom stereocenters. The van der Waals surface area contributed by atoms with Gasteiger partial charge >= 0.3 is 5.97 Å². The molecule has 30 heavy (non-hydrogen) atoms. The molecule has 1 saturated heterocycles. The van der Waals surface area contributed by atoms with E-state index in [1.807, 2.05) is 42.5 Å². The minimum atomic E-state index is -0.361. The van der Waals surface area contributed by atoms with Crippen molar-refractivity contribution in [1.82, 2.24) is 15.2 Å². The summed E-state index contributed by atoms with van der Waals surface area (Å²) in [5, 5.41) is 4.12. The molecule has 1 aromatic carbocycles. The first-order chi connectivity index (χ1) is 14.6. The number of carbonyl (C=O) groups excluding carboxylic acids is 1. The summed E-state index contributed by atoms with van der Waals surface area (Å²) in [5.74, 6) is 1.19. The predicted octanol–water partition coefficient (Wildman–Crippen LogP) is 4.51. The number of benzene rings is 1. The highest BCUT2D eigenvalue weighted by atomic mass is 32.1. The van der Waals surface area contributed by atoms with E-state index in [0.29, 0.717) is 10.7 Å². The number of methoxy groups -OCH3 is 1. The molecule has 1 aliphatic rings. The monoisotopic (exact) mass is 421 g/mol. The van der Waals surface area contributed by atoms with Gasteiger partial charge in [-0.25, -0.2) is 4.79 Å². The molecule has 3 heterocycles. The first-order valence-corrected chi connectivity index (χ1v) is 10.3. The van der Waals surface area contributed by atoms with Crippen molar-refractivity contribution in [2.75, 3.05) is 13.7 Å². The summed E-state index contributed by atoms with van der Waals surface area (Å²) in [5.41, 5.74) is 2.31. The van der Waals surface area contributed by atoms with Crippen molar-refractivity contribution in [3.63, 3.8) is 0 Å². The minimum Gasteiger partial charge on any atom is -0.465 e. The van der Waals surface area contributed by atoms with Crippen molar-refractivity contribution in [2.24, 2.45) is 0 Å². The normalized spacial score (nSPS) is 18.3. The van der Waals surface area contributed by atoms with Gasteiger partial charge in [-0.05, 0) is 55.0 Å². The van der Waals surface area contributed by atoms with Crippen LogP contribution >= 0.6 is 12.2 Å². The summed E-state index contributed by atoms with van der Waals surface area (Å²) in [6.45, 7) is 2.95. The number of pyridine rings is 1. The average Bonchev–Trinajstić information content (AvgIpc) is 3.39. The number of esters is 1. The molecule has 1 N–H and O–H groups in total. The number of ether oxygens (including phenoxy) is 1. The smallest absolute Gasteiger partial charge is 0.337 e. The Hall–Kier alpha value is -3.19. The summed E-state index contributed by atoms with van der Waals surface area (Å²) in [6, 6.07) is 16.8. The van der Waals surface area contributed by atoms with E-state index in [2.05, 4.69) is 22.1 Å². The van der Waals surface area contributed by atoms with E-state index in [9.17, 15) is 4.79 Å². The van der Waals surface area contributed by atoms with Crippen molar-refractivity contribution in [2.45, 2.75) is 25.4 Å². The van der Waals surface area contributed by atoms with Crippen LogP contribution in [0.25, 0.3) is 11.3 Å². The van der Waals surface area contributed by atoms with Crippen LogP contribution in [0.5, 0.6) is 0 Å². The number of hydrogen-bond donors (Lipinski definition) is 1. The fourth-order valence-electron chi connectivity index (χ4n) is 3.75. The Bertz CT molecular complexity index is 1030. The van der Waals surface area contributed by atoms with Crippen LogP contribution in [0.15, 0.2) is 65.2 Å². The number of nitrogens with zero attached hydrogens (tertiary/aromatic N) is 2. The summed E-state index contributed by atoms with van der Waals surface area (Å²) in [4.78, 5) is 18.4. The molecule has 4 rings (SSSR count). The van der Waals surface area contributed by atoms with Crippen LogP contribution in [0.3, 0.4) is 0 Å².